The van der Waals surface area contributed by atoms with Crippen molar-refractivity contribution >= 4 is 21.6 Å². The zero-order valence-electron chi connectivity index (χ0n) is 10.8. The maximum Gasteiger partial charge on any atom is 0.142 e. The largest absolute Gasteiger partial charge is 0.489 e. The molecular weight excluding hydrogens is 296 g/mol. The standard InChI is InChI=1S/C13H19BrN2O2/c1-15-12-7-10(14)3-4-13(12)18-9-11-8-16(2)5-6-17-11/h3-4,7,11,15H,5-6,8-9H2,1-2H3/t11-/m0/s1. The summed E-state index contributed by atoms with van der Waals surface area (Å²) in [5.74, 6) is 0.859. The molecular formula is C13H19BrN2O2. The predicted octanol–water partition coefficient (Wildman–Crippen LogP) is 2.20. The van der Waals surface area contributed by atoms with E-state index < -0.39 is 0 Å². The molecule has 1 saturated heterocycles. The van der Waals surface area contributed by atoms with Gasteiger partial charge in [-0.25, -0.2) is 0 Å². The van der Waals surface area contributed by atoms with Gasteiger partial charge in [0, 0.05) is 24.6 Å². The van der Waals surface area contributed by atoms with Crippen LogP contribution in [0.5, 0.6) is 5.75 Å². The van der Waals surface area contributed by atoms with Gasteiger partial charge in [-0.3, -0.25) is 0 Å². The maximum atomic E-state index is 5.84. The second kappa shape index (κ2) is 6.41. The van der Waals surface area contributed by atoms with Crippen molar-refractivity contribution in [3.8, 4) is 5.75 Å². The number of nitrogens with zero attached hydrogens (tertiary/aromatic N) is 1. The minimum absolute atomic E-state index is 0.150. The zero-order valence-corrected chi connectivity index (χ0v) is 12.4. The molecule has 1 atom stereocenters. The van der Waals surface area contributed by atoms with E-state index in [1.165, 1.54) is 0 Å². The van der Waals surface area contributed by atoms with Crippen LogP contribution in [0.3, 0.4) is 0 Å². The van der Waals surface area contributed by atoms with Gasteiger partial charge >= 0.3 is 0 Å². The Morgan fingerprint density at radius 1 is 1.56 bits per heavy atom. The summed E-state index contributed by atoms with van der Waals surface area (Å²) in [6.07, 6.45) is 0.150. The van der Waals surface area contributed by atoms with Gasteiger partial charge in [0.05, 0.1) is 12.3 Å². The lowest BCUT2D eigenvalue weighted by Gasteiger charge is -2.30. The molecule has 1 aliphatic rings. The van der Waals surface area contributed by atoms with Crippen molar-refractivity contribution in [1.29, 1.82) is 0 Å². The van der Waals surface area contributed by atoms with Crippen LogP contribution >= 0.6 is 15.9 Å². The van der Waals surface area contributed by atoms with Crippen LogP contribution in [-0.2, 0) is 4.74 Å². The fraction of sp³-hybridized carbons (Fsp3) is 0.538. The van der Waals surface area contributed by atoms with E-state index in [1.54, 1.807) is 0 Å². The fourth-order valence-electron chi connectivity index (χ4n) is 1.97. The van der Waals surface area contributed by atoms with Crippen molar-refractivity contribution in [2.45, 2.75) is 6.10 Å². The van der Waals surface area contributed by atoms with Gasteiger partial charge < -0.3 is 19.7 Å². The van der Waals surface area contributed by atoms with E-state index in [0.717, 1.165) is 35.6 Å². The van der Waals surface area contributed by atoms with Crippen molar-refractivity contribution in [3.05, 3.63) is 22.7 Å². The second-order valence-electron chi connectivity index (χ2n) is 4.46. The van der Waals surface area contributed by atoms with Crippen molar-refractivity contribution < 1.29 is 9.47 Å². The lowest BCUT2D eigenvalue weighted by atomic mass is 10.3. The van der Waals surface area contributed by atoms with Crippen molar-refractivity contribution in [2.75, 3.05) is 45.7 Å². The van der Waals surface area contributed by atoms with Crippen LogP contribution in [0, 0.1) is 0 Å². The van der Waals surface area contributed by atoms with Gasteiger partial charge in [0.15, 0.2) is 0 Å². The Bertz CT molecular complexity index is 401. The van der Waals surface area contributed by atoms with Gasteiger partial charge in [-0.2, -0.15) is 0 Å². The molecule has 1 heterocycles. The highest BCUT2D eigenvalue weighted by Gasteiger charge is 2.18. The molecule has 0 spiro atoms. The number of nitrogens with one attached hydrogen (secondary N) is 1. The zero-order chi connectivity index (χ0) is 13.0. The Kier molecular flexibility index (Phi) is 4.86. The van der Waals surface area contributed by atoms with Crippen LogP contribution in [0.15, 0.2) is 22.7 Å². The number of benzene rings is 1. The summed E-state index contributed by atoms with van der Waals surface area (Å²) in [4.78, 5) is 2.26. The molecule has 1 aliphatic heterocycles. The predicted molar refractivity (Wildman–Crippen MR) is 76.4 cm³/mol. The Balaban J connectivity index is 1.93. The quantitative estimate of drug-likeness (QED) is 0.924. The van der Waals surface area contributed by atoms with E-state index in [1.807, 2.05) is 25.2 Å². The summed E-state index contributed by atoms with van der Waals surface area (Å²) in [5, 5.41) is 3.13. The van der Waals surface area contributed by atoms with E-state index in [2.05, 4.69) is 33.2 Å². The summed E-state index contributed by atoms with van der Waals surface area (Å²) in [6.45, 7) is 3.28. The lowest BCUT2D eigenvalue weighted by Crippen LogP contribution is -2.42. The summed E-state index contributed by atoms with van der Waals surface area (Å²) in [7, 11) is 3.99. The highest BCUT2D eigenvalue weighted by atomic mass is 79.9. The van der Waals surface area contributed by atoms with Crippen molar-refractivity contribution in [2.24, 2.45) is 0 Å². The first-order valence-electron chi connectivity index (χ1n) is 6.09. The van der Waals surface area contributed by atoms with E-state index >= 15 is 0 Å². The Morgan fingerprint density at radius 2 is 2.39 bits per heavy atom. The van der Waals surface area contributed by atoms with Crippen LogP contribution in [-0.4, -0.2) is 51.4 Å². The van der Waals surface area contributed by atoms with Crippen molar-refractivity contribution in [3.63, 3.8) is 0 Å². The number of hydrogen-bond acceptors (Lipinski definition) is 4. The third kappa shape index (κ3) is 3.60. The Hall–Kier alpha value is -0.780. The molecule has 0 aromatic heterocycles. The number of anilines is 1. The molecule has 5 heteroatoms. The molecule has 1 aromatic rings. The van der Waals surface area contributed by atoms with Crippen molar-refractivity contribution in [1.82, 2.24) is 4.90 Å². The topological polar surface area (TPSA) is 33.7 Å². The average Bonchev–Trinajstić information content (AvgIpc) is 2.37. The van der Waals surface area contributed by atoms with Gasteiger partial charge in [0.25, 0.3) is 0 Å². The first kappa shape index (κ1) is 13.6. The third-order valence-electron chi connectivity index (χ3n) is 2.98. The monoisotopic (exact) mass is 314 g/mol. The third-order valence-corrected chi connectivity index (χ3v) is 3.47. The Morgan fingerprint density at radius 3 is 3.11 bits per heavy atom. The van der Waals surface area contributed by atoms with Crippen LogP contribution in [0.4, 0.5) is 5.69 Å². The molecule has 1 fully saturated rings. The molecule has 1 aromatic carbocycles. The van der Waals surface area contributed by atoms with Crippen LogP contribution < -0.4 is 10.1 Å². The number of halogens is 1. The van der Waals surface area contributed by atoms with E-state index in [4.69, 9.17) is 9.47 Å². The SMILES string of the molecule is CNc1cc(Br)ccc1OC[C@@H]1CN(C)CCO1. The minimum atomic E-state index is 0.150. The molecule has 0 amide bonds. The number of rotatable bonds is 4. The molecule has 4 nitrogen and oxygen atoms in total. The molecule has 0 bridgehead atoms. The smallest absolute Gasteiger partial charge is 0.142 e. The van der Waals surface area contributed by atoms with Crippen LogP contribution in [0.25, 0.3) is 0 Å². The van der Waals surface area contributed by atoms with Crippen LogP contribution in [0.2, 0.25) is 0 Å². The molecule has 18 heavy (non-hydrogen) atoms. The van der Waals surface area contributed by atoms with Gasteiger partial charge in [-0.05, 0) is 25.2 Å². The Labute approximate surface area is 116 Å². The number of ether oxygens (including phenoxy) is 2. The first-order chi connectivity index (χ1) is 8.69. The normalized spacial score (nSPS) is 20.7. The summed E-state index contributed by atoms with van der Waals surface area (Å²) < 4.78 is 12.5. The second-order valence-corrected chi connectivity index (χ2v) is 5.37. The van der Waals surface area contributed by atoms with Gasteiger partial charge in [-0.1, -0.05) is 15.9 Å². The average molecular weight is 315 g/mol. The van der Waals surface area contributed by atoms with Crippen LogP contribution in [0.1, 0.15) is 0 Å². The number of morpholine rings is 1. The lowest BCUT2D eigenvalue weighted by molar-refractivity contribution is -0.0402. The van der Waals surface area contributed by atoms with E-state index in [-0.39, 0.29) is 6.10 Å². The molecule has 0 radical (unpaired) electrons. The number of likely N-dealkylation sites (N-methyl/N-ethyl adjacent to an activating group) is 1. The van der Waals surface area contributed by atoms with Gasteiger partial charge in [0.1, 0.15) is 18.5 Å². The highest BCUT2D eigenvalue weighted by Crippen LogP contribution is 2.28. The molecule has 2 rings (SSSR count). The summed E-state index contributed by atoms with van der Waals surface area (Å²) >= 11 is 3.45. The molecule has 1 N–H and O–H groups in total. The van der Waals surface area contributed by atoms with E-state index in [9.17, 15) is 0 Å². The first-order valence-corrected chi connectivity index (χ1v) is 6.88. The molecule has 0 saturated carbocycles. The molecule has 0 unspecified atom stereocenters. The summed E-state index contributed by atoms with van der Waals surface area (Å²) in [6, 6.07) is 5.94. The minimum Gasteiger partial charge on any atom is -0.489 e. The van der Waals surface area contributed by atoms with Gasteiger partial charge in [0.2, 0.25) is 0 Å². The highest BCUT2D eigenvalue weighted by molar-refractivity contribution is 9.10. The maximum absolute atomic E-state index is 5.84. The fourth-order valence-corrected chi connectivity index (χ4v) is 2.33. The summed E-state index contributed by atoms with van der Waals surface area (Å²) in [5.41, 5.74) is 0.980. The molecule has 0 aliphatic carbocycles. The van der Waals surface area contributed by atoms with E-state index in [0.29, 0.717) is 6.61 Å². The van der Waals surface area contributed by atoms with Gasteiger partial charge in [-0.15, -0.1) is 0 Å². The molecule has 100 valence electrons. The number of hydrogen-bond donors (Lipinski definition) is 1.